The van der Waals surface area contributed by atoms with Crippen LogP contribution in [-0.4, -0.2) is 42.2 Å². The van der Waals surface area contributed by atoms with Crippen molar-refractivity contribution in [3.05, 3.63) is 46.2 Å². The lowest BCUT2D eigenvalue weighted by Crippen LogP contribution is -2.41. The fourth-order valence-corrected chi connectivity index (χ4v) is 5.25. The van der Waals surface area contributed by atoms with Crippen LogP contribution in [0.3, 0.4) is 0 Å². The summed E-state index contributed by atoms with van der Waals surface area (Å²) in [5.41, 5.74) is 5.82. The van der Waals surface area contributed by atoms with Crippen molar-refractivity contribution in [1.82, 2.24) is 8.87 Å². The Morgan fingerprint density at radius 2 is 1.83 bits per heavy atom. The van der Waals surface area contributed by atoms with E-state index in [0.717, 1.165) is 0 Å². The van der Waals surface area contributed by atoms with Crippen molar-refractivity contribution >= 4 is 50.7 Å². The standard InChI is InChI=1S/C18H20Cl2N4O4S/c1-23-10-13(9-16(23)17(21)25)29(27,28)24-6-4-11(5-7-24)18(26)22-15-3-2-12(19)8-14(15)20/h2-3,8-11H,4-7H2,1H3,(H2,21,25)(H,22,26). The highest BCUT2D eigenvalue weighted by atomic mass is 35.5. The molecule has 8 nitrogen and oxygen atoms in total. The van der Waals surface area contributed by atoms with Crippen molar-refractivity contribution in [3.8, 4) is 0 Å². The number of amides is 2. The normalized spacial score (nSPS) is 16.0. The van der Waals surface area contributed by atoms with E-state index in [-0.39, 0.29) is 35.5 Å². The van der Waals surface area contributed by atoms with Gasteiger partial charge in [0.1, 0.15) is 10.6 Å². The van der Waals surface area contributed by atoms with E-state index in [2.05, 4.69) is 5.32 Å². The summed E-state index contributed by atoms with van der Waals surface area (Å²) in [6, 6.07) is 6.04. The van der Waals surface area contributed by atoms with Crippen LogP contribution in [0.2, 0.25) is 10.0 Å². The highest BCUT2D eigenvalue weighted by Crippen LogP contribution is 2.29. The van der Waals surface area contributed by atoms with Gasteiger partial charge in [-0.05, 0) is 37.1 Å². The average Bonchev–Trinajstić information content (AvgIpc) is 3.07. The number of piperidine rings is 1. The van der Waals surface area contributed by atoms with Crippen LogP contribution in [0.15, 0.2) is 35.4 Å². The number of nitrogens with one attached hydrogen (secondary N) is 1. The molecular weight excluding hydrogens is 439 g/mol. The van der Waals surface area contributed by atoms with Crippen molar-refractivity contribution < 1.29 is 18.0 Å². The lowest BCUT2D eigenvalue weighted by Gasteiger charge is -2.30. The Morgan fingerprint density at radius 1 is 1.17 bits per heavy atom. The molecule has 11 heteroatoms. The Balaban J connectivity index is 1.65. The molecule has 29 heavy (non-hydrogen) atoms. The maximum atomic E-state index is 12.8. The van der Waals surface area contributed by atoms with Gasteiger partial charge in [0.25, 0.3) is 5.91 Å². The van der Waals surface area contributed by atoms with Gasteiger partial charge >= 0.3 is 0 Å². The number of benzene rings is 1. The van der Waals surface area contributed by atoms with Crippen molar-refractivity contribution in [3.63, 3.8) is 0 Å². The van der Waals surface area contributed by atoms with Gasteiger partial charge in [-0.25, -0.2) is 8.42 Å². The summed E-state index contributed by atoms with van der Waals surface area (Å²) >= 11 is 11.9. The number of aromatic nitrogens is 1. The Bertz CT molecular complexity index is 1060. The molecule has 1 aliphatic heterocycles. The lowest BCUT2D eigenvalue weighted by atomic mass is 9.97. The topological polar surface area (TPSA) is 114 Å². The fourth-order valence-electron chi connectivity index (χ4n) is 3.25. The number of carbonyl (C=O) groups excluding carboxylic acids is 2. The predicted molar refractivity (Wildman–Crippen MR) is 111 cm³/mol. The first-order chi connectivity index (χ1) is 13.6. The number of nitrogens with zero attached hydrogens (tertiary/aromatic N) is 2. The summed E-state index contributed by atoms with van der Waals surface area (Å²) in [5.74, 6) is -1.27. The molecule has 1 aliphatic rings. The van der Waals surface area contributed by atoms with E-state index in [9.17, 15) is 18.0 Å². The molecule has 0 radical (unpaired) electrons. The van der Waals surface area contributed by atoms with Crippen LogP contribution in [0.25, 0.3) is 0 Å². The van der Waals surface area contributed by atoms with Gasteiger partial charge in [-0.3, -0.25) is 9.59 Å². The molecule has 0 aliphatic carbocycles. The molecule has 2 aromatic rings. The lowest BCUT2D eigenvalue weighted by molar-refractivity contribution is -0.120. The first-order valence-corrected chi connectivity index (χ1v) is 11.0. The molecule has 0 spiro atoms. The number of sulfonamides is 1. The molecule has 2 heterocycles. The molecule has 156 valence electrons. The molecule has 0 saturated carbocycles. The van der Waals surface area contributed by atoms with Gasteiger partial charge in [0.15, 0.2) is 0 Å². The summed E-state index contributed by atoms with van der Waals surface area (Å²) in [5, 5.41) is 3.56. The maximum Gasteiger partial charge on any atom is 0.265 e. The summed E-state index contributed by atoms with van der Waals surface area (Å²) in [6.45, 7) is 0.380. The number of rotatable bonds is 5. The number of nitrogens with two attached hydrogens (primary N) is 1. The zero-order valence-corrected chi connectivity index (χ0v) is 17.9. The number of aryl methyl sites for hydroxylation is 1. The van der Waals surface area contributed by atoms with E-state index in [1.54, 1.807) is 19.2 Å². The van der Waals surface area contributed by atoms with Gasteiger partial charge in [-0.1, -0.05) is 23.2 Å². The minimum Gasteiger partial charge on any atom is -0.364 e. The molecule has 0 unspecified atom stereocenters. The van der Waals surface area contributed by atoms with Crippen molar-refractivity contribution in [1.29, 1.82) is 0 Å². The molecule has 3 rings (SSSR count). The zero-order valence-electron chi connectivity index (χ0n) is 15.6. The van der Waals surface area contributed by atoms with Crippen LogP contribution < -0.4 is 11.1 Å². The number of halogens is 2. The van der Waals surface area contributed by atoms with Gasteiger partial charge < -0.3 is 15.6 Å². The van der Waals surface area contributed by atoms with E-state index in [1.165, 1.54) is 27.2 Å². The zero-order chi connectivity index (χ0) is 21.3. The Kier molecular flexibility index (Phi) is 6.23. The second kappa shape index (κ2) is 8.35. The third-order valence-corrected chi connectivity index (χ3v) is 7.30. The second-order valence-electron chi connectivity index (χ2n) is 6.83. The van der Waals surface area contributed by atoms with Crippen LogP contribution >= 0.6 is 23.2 Å². The fraction of sp³-hybridized carbons (Fsp3) is 0.333. The summed E-state index contributed by atoms with van der Waals surface area (Å²) in [6.07, 6.45) is 2.09. The van der Waals surface area contributed by atoms with Gasteiger partial charge in [0.2, 0.25) is 15.9 Å². The van der Waals surface area contributed by atoms with Crippen LogP contribution in [0, 0.1) is 5.92 Å². The average molecular weight is 459 g/mol. The first-order valence-electron chi connectivity index (χ1n) is 8.82. The molecule has 3 N–H and O–H groups in total. The number of hydrogen-bond acceptors (Lipinski definition) is 4. The number of carbonyl (C=O) groups is 2. The van der Waals surface area contributed by atoms with E-state index in [4.69, 9.17) is 28.9 Å². The molecule has 1 saturated heterocycles. The van der Waals surface area contributed by atoms with Crippen molar-refractivity contribution in [2.45, 2.75) is 17.7 Å². The SMILES string of the molecule is Cn1cc(S(=O)(=O)N2CCC(C(=O)Nc3ccc(Cl)cc3Cl)CC2)cc1C(N)=O. The molecule has 0 bridgehead atoms. The molecule has 1 aromatic carbocycles. The van der Waals surface area contributed by atoms with Crippen LogP contribution in [0.4, 0.5) is 5.69 Å². The Morgan fingerprint density at radius 3 is 2.38 bits per heavy atom. The smallest absolute Gasteiger partial charge is 0.265 e. The number of hydrogen-bond donors (Lipinski definition) is 2. The Labute approximate surface area is 178 Å². The minimum atomic E-state index is -3.78. The third kappa shape index (κ3) is 4.58. The molecule has 0 atom stereocenters. The van der Waals surface area contributed by atoms with Gasteiger partial charge in [0, 0.05) is 37.3 Å². The van der Waals surface area contributed by atoms with Crippen molar-refractivity contribution in [2.75, 3.05) is 18.4 Å². The molecular formula is C18H20Cl2N4O4S. The highest BCUT2D eigenvalue weighted by molar-refractivity contribution is 7.89. The summed E-state index contributed by atoms with van der Waals surface area (Å²) in [7, 11) is -2.23. The maximum absolute atomic E-state index is 12.8. The number of primary amides is 1. The van der Waals surface area contributed by atoms with Crippen LogP contribution in [0.1, 0.15) is 23.3 Å². The van der Waals surface area contributed by atoms with E-state index >= 15 is 0 Å². The largest absolute Gasteiger partial charge is 0.364 e. The van der Waals surface area contributed by atoms with Gasteiger partial charge in [0.05, 0.1) is 10.7 Å². The monoisotopic (exact) mass is 458 g/mol. The quantitative estimate of drug-likeness (QED) is 0.715. The predicted octanol–water partition coefficient (Wildman–Crippen LogP) is 2.47. The van der Waals surface area contributed by atoms with Crippen LogP contribution in [-0.2, 0) is 21.9 Å². The molecule has 1 aromatic heterocycles. The molecule has 2 amide bonds. The summed E-state index contributed by atoms with van der Waals surface area (Å²) < 4.78 is 28.4. The van der Waals surface area contributed by atoms with Gasteiger partial charge in [-0.2, -0.15) is 4.31 Å². The van der Waals surface area contributed by atoms with E-state index in [0.29, 0.717) is 28.6 Å². The second-order valence-corrected chi connectivity index (χ2v) is 9.61. The Hall–Kier alpha value is -2.07. The summed E-state index contributed by atoms with van der Waals surface area (Å²) in [4.78, 5) is 23.9. The van der Waals surface area contributed by atoms with E-state index < -0.39 is 15.9 Å². The van der Waals surface area contributed by atoms with Gasteiger partial charge in [-0.15, -0.1) is 0 Å². The highest BCUT2D eigenvalue weighted by Gasteiger charge is 2.33. The van der Waals surface area contributed by atoms with Crippen LogP contribution in [0.5, 0.6) is 0 Å². The van der Waals surface area contributed by atoms with Crippen molar-refractivity contribution in [2.24, 2.45) is 18.7 Å². The minimum absolute atomic E-state index is 0.00430. The third-order valence-electron chi connectivity index (χ3n) is 4.88. The number of anilines is 1. The first kappa shape index (κ1) is 21.6. The molecule has 1 fully saturated rings. The van der Waals surface area contributed by atoms with E-state index in [1.807, 2.05) is 0 Å².